The van der Waals surface area contributed by atoms with Gasteiger partial charge in [-0.2, -0.15) is 0 Å². The molecule has 213 valence electrons. The minimum absolute atomic E-state index is 0. The Morgan fingerprint density at radius 1 is 0.900 bits per heavy atom. The van der Waals surface area contributed by atoms with Gasteiger partial charge in [-0.05, 0) is 42.7 Å². The van der Waals surface area contributed by atoms with Crippen LogP contribution in [0.3, 0.4) is 0 Å². The van der Waals surface area contributed by atoms with Crippen molar-refractivity contribution in [2.24, 2.45) is 4.99 Å². The van der Waals surface area contributed by atoms with Crippen molar-refractivity contribution in [3.63, 3.8) is 0 Å². The van der Waals surface area contributed by atoms with Crippen LogP contribution in [0.2, 0.25) is 0 Å². The van der Waals surface area contributed by atoms with Crippen molar-refractivity contribution in [3.05, 3.63) is 59.4 Å². The van der Waals surface area contributed by atoms with Gasteiger partial charge in [0.15, 0.2) is 0 Å². The van der Waals surface area contributed by atoms with Gasteiger partial charge in [0.05, 0.1) is 30.2 Å². The van der Waals surface area contributed by atoms with E-state index in [0.717, 1.165) is 11.3 Å². The zero-order valence-electron chi connectivity index (χ0n) is 21.9. The fraction of sp³-hybridized carbons (Fsp3) is 0.407. The number of benzene rings is 1. The van der Waals surface area contributed by atoms with Crippen molar-refractivity contribution in [2.45, 2.75) is 32.0 Å². The largest absolute Gasteiger partial charge is 3.00 e. The fourth-order valence-corrected chi connectivity index (χ4v) is 4.60. The van der Waals surface area contributed by atoms with E-state index in [9.17, 15) is 29.7 Å². The monoisotopic (exact) mass is 713 g/mol. The topological polar surface area (TPSA) is 147 Å². The van der Waals surface area contributed by atoms with Gasteiger partial charge in [-0.25, -0.2) is 0 Å². The number of rotatable bonds is 11. The average Bonchev–Trinajstić information content (AvgIpc) is 2.88. The fourth-order valence-electron chi connectivity index (χ4n) is 4.54. The maximum absolute atomic E-state index is 12.4. The Labute approximate surface area is 270 Å². The number of carboxylic acid groups (broad SMARTS) is 3. The molecule has 0 fully saturated rings. The number of aromatic nitrogens is 1. The molecule has 1 aromatic heterocycles. The number of aryl methyl sites for hydroxylation is 1. The van der Waals surface area contributed by atoms with Gasteiger partial charge in [0.2, 0.25) is 0 Å². The predicted octanol–water partition coefficient (Wildman–Crippen LogP) is 1.96. The number of nitrogens with zero attached hydrogens (tertiary/aromatic N) is 5. The third kappa shape index (κ3) is 11.7. The molecule has 1 radical (unpaired) electrons. The van der Waals surface area contributed by atoms with Crippen LogP contribution in [-0.4, -0.2) is 110 Å². The smallest absolute Gasteiger partial charge is 0.480 e. The van der Waals surface area contributed by atoms with E-state index in [1.807, 2.05) is 41.3 Å². The Hall–Kier alpha value is -2.26. The van der Waals surface area contributed by atoms with Crippen LogP contribution in [0.1, 0.15) is 23.4 Å². The van der Waals surface area contributed by atoms with E-state index in [1.165, 1.54) is 11.6 Å². The molecule has 1 atom stereocenters. The van der Waals surface area contributed by atoms with E-state index in [2.05, 4.69) is 9.98 Å². The van der Waals surface area contributed by atoms with Gasteiger partial charge in [0, 0.05) is 50.9 Å². The second-order valence-corrected chi connectivity index (χ2v) is 9.61. The van der Waals surface area contributed by atoms with Crippen LogP contribution in [0, 0.1) is 39.9 Å². The third-order valence-electron chi connectivity index (χ3n) is 6.42. The van der Waals surface area contributed by atoms with Crippen molar-refractivity contribution >= 4 is 47.4 Å². The Bertz CT molecular complexity index is 1180. The molecule has 40 heavy (non-hydrogen) atoms. The molecule has 0 saturated carbocycles. The zero-order chi connectivity index (χ0) is 28.2. The first-order valence-electron chi connectivity index (χ1n) is 12.6. The van der Waals surface area contributed by atoms with Crippen LogP contribution in [-0.2, 0) is 33.9 Å². The normalized spacial score (nSPS) is 16.3. The van der Waals surface area contributed by atoms with Crippen LogP contribution < -0.4 is 0 Å². The van der Waals surface area contributed by atoms with E-state index in [4.69, 9.17) is 12.2 Å². The third-order valence-corrected chi connectivity index (χ3v) is 6.54. The molecule has 3 rings (SSSR count). The minimum Gasteiger partial charge on any atom is -0.480 e. The quantitative estimate of drug-likeness (QED) is 0.232. The molecular formula is C27H33GdN5O6S+3. The van der Waals surface area contributed by atoms with E-state index in [-0.39, 0.29) is 66.1 Å². The molecule has 1 unspecified atom stereocenters. The number of aliphatic carboxylic acids is 3. The summed E-state index contributed by atoms with van der Waals surface area (Å²) >= 11 is 4.75. The number of hydrogen-bond acceptors (Lipinski definition) is 9. The van der Waals surface area contributed by atoms with E-state index >= 15 is 0 Å². The molecule has 0 aliphatic carbocycles. The van der Waals surface area contributed by atoms with Gasteiger partial charge in [-0.15, -0.1) is 0 Å². The summed E-state index contributed by atoms with van der Waals surface area (Å²) in [4.78, 5) is 49.5. The molecule has 0 amide bonds. The summed E-state index contributed by atoms with van der Waals surface area (Å²) in [5.74, 6) is -2.94. The molecule has 1 aliphatic heterocycles. The first-order valence-corrected chi connectivity index (χ1v) is 13.1. The summed E-state index contributed by atoms with van der Waals surface area (Å²) in [6, 6.07) is 12.2. The Kier molecular flexibility index (Phi) is 14.9. The van der Waals surface area contributed by atoms with Crippen molar-refractivity contribution in [1.82, 2.24) is 19.7 Å². The van der Waals surface area contributed by atoms with Crippen molar-refractivity contribution in [2.75, 3.05) is 39.3 Å². The van der Waals surface area contributed by atoms with E-state index < -0.39 is 23.9 Å². The van der Waals surface area contributed by atoms with Gasteiger partial charge in [0.25, 0.3) is 0 Å². The predicted molar refractivity (Wildman–Crippen MR) is 150 cm³/mol. The summed E-state index contributed by atoms with van der Waals surface area (Å²) in [6.45, 7) is 1.39. The van der Waals surface area contributed by atoms with Gasteiger partial charge in [-0.3, -0.25) is 39.1 Å². The van der Waals surface area contributed by atoms with Gasteiger partial charge >= 0.3 is 57.8 Å². The molecule has 1 aromatic carbocycles. The molecule has 2 bridgehead atoms. The summed E-state index contributed by atoms with van der Waals surface area (Å²) in [5.41, 5.74) is 3.06. The van der Waals surface area contributed by atoms with Crippen molar-refractivity contribution in [1.29, 1.82) is 0 Å². The molecule has 2 aromatic rings. The van der Waals surface area contributed by atoms with Gasteiger partial charge < -0.3 is 15.3 Å². The number of carboxylic acids is 3. The Morgan fingerprint density at radius 3 is 2.12 bits per heavy atom. The number of fused-ring (bicyclic) bond motifs is 2. The first-order chi connectivity index (χ1) is 18.7. The summed E-state index contributed by atoms with van der Waals surface area (Å²) < 4.78 is 0. The van der Waals surface area contributed by atoms with Gasteiger partial charge in [-0.1, -0.05) is 30.4 Å². The summed E-state index contributed by atoms with van der Waals surface area (Å²) in [5, 5.41) is 30.4. The van der Waals surface area contributed by atoms with Crippen LogP contribution >= 0.6 is 12.2 Å². The van der Waals surface area contributed by atoms with E-state index in [0.29, 0.717) is 50.4 Å². The maximum Gasteiger partial charge on any atom is 3.00 e. The van der Waals surface area contributed by atoms with Gasteiger partial charge in [0.1, 0.15) is 6.04 Å². The standard InChI is InChI=1S/C27H33N5O6S.Gd/c33-25(34)18-30-11-12-31(19-26(35)36)16-22-2-1-3-23(29-22)17-32(14-13-30)24(27(37)38)9-6-20-4-7-21(8-5-20)28-10-15-39;/h1-5,7-8,10,15,24H,6,9,11-14,16-19H2,(H,33,34)(H,35,36)(H,37,38);/q;+3. The zero-order valence-corrected chi connectivity index (χ0v) is 25.0. The number of pyridine rings is 1. The number of carbonyl (C=O) groups is 3. The maximum atomic E-state index is 12.4. The number of aliphatic imine (C=N–C) groups is 1. The van der Waals surface area contributed by atoms with Crippen LogP contribution in [0.25, 0.3) is 0 Å². The molecule has 0 saturated heterocycles. The molecule has 0 spiro atoms. The van der Waals surface area contributed by atoms with Crippen molar-refractivity contribution < 1.29 is 69.6 Å². The molecule has 3 N–H and O–H groups in total. The number of thiocarbonyl (C=S) groups is 1. The second-order valence-electron chi connectivity index (χ2n) is 9.34. The Morgan fingerprint density at radius 2 is 1.50 bits per heavy atom. The Balaban J connectivity index is 0.00000560. The van der Waals surface area contributed by atoms with Crippen LogP contribution in [0.4, 0.5) is 5.69 Å². The van der Waals surface area contributed by atoms with Crippen molar-refractivity contribution in [3.8, 4) is 0 Å². The number of hydrogen-bond donors (Lipinski definition) is 3. The van der Waals surface area contributed by atoms with Crippen LogP contribution in [0.15, 0.2) is 47.5 Å². The van der Waals surface area contributed by atoms with Crippen LogP contribution in [0.5, 0.6) is 0 Å². The molecule has 11 nitrogen and oxygen atoms in total. The molecule has 13 heteroatoms. The molecule has 2 heterocycles. The molecular weight excluding hydrogens is 680 g/mol. The van der Waals surface area contributed by atoms with E-state index in [1.54, 1.807) is 15.9 Å². The molecule has 1 aliphatic rings. The average molecular weight is 713 g/mol. The second kappa shape index (κ2) is 17.5. The SMILES string of the molecule is O=C(O)CN1CCN(CC(=O)O)Cc2cccc(n2)CN(C(CCc2ccc(N=CC=S)cc2)C(=O)O)CC1.[Gd+3]. The summed E-state index contributed by atoms with van der Waals surface area (Å²) in [6.07, 6.45) is 2.41. The minimum atomic E-state index is -1.00. The first kappa shape index (κ1) is 33.9. The summed E-state index contributed by atoms with van der Waals surface area (Å²) in [7, 11) is 0.